The van der Waals surface area contributed by atoms with Gasteiger partial charge < -0.3 is 9.62 Å². The van der Waals surface area contributed by atoms with Crippen LogP contribution in [0.15, 0.2) is 50.4 Å². The summed E-state index contributed by atoms with van der Waals surface area (Å²) in [6.45, 7) is 0. The molecule has 0 aliphatic rings. The summed E-state index contributed by atoms with van der Waals surface area (Å²) in [4.78, 5) is 0. The third-order valence-electron chi connectivity index (χ3n) is 1.92. The molecule has 0 fully saturated rings. The highest BCUT2D eigenvalue weighted by Crippen LogP contribution is 2.24. The zero-order valence-corrected chi connectivity index (χ0v) is 9.31. The molecule has 1 aromatic carbocycles. The molecule has 0 aliphatic heterocycles. The second kappa shape index (κ2) is 4.31. The van der Waals surface area contributed by atoms with Crippen LogP contribution >= 0.6 is 15.9 Å². The number of furan rings is 1. The van der Waals surface area contributed by atoms with Gasteiger partial charge in [-0.1, -0.05) is 33.2 Å². The van der Waals surface area contributed by atoms with Crippen LogP contribution in [0.1, 0.15) is 5.76 Å². The Balaban J connectivity index is 2.37. The molecule has 0 saturated carbocycles. The molecule has 0 saturated heterocycles. The Bertz CT molecular complexity index is 491. The van der Waals surface area contributed by atoms with Crippen LogP contribution in [-0.2, 0) is 0 Å². The van der Waals surface area contributed by atoms with Crippen molar-refractivity contribution in [2.24, 2.45) is 5.16 Å². The average Bonchev–Trinajstić information content (AvgIpc) is 2.67. The number of oxime groups is 1. The van der Waals surface area contributed by atoms with Crippen molar-refractivity contribution in [2.45, 2.75) is 0 Å². The van der Waals surface area contributed by atoms with E-state index in [-0.39, 0.29) is 0 Å². The van der Waals surface area contributed by atoms with Gasteiger partial charge in [0.15, 0.2) is 0 Å². The molecule has 0 atom stereocenters. The Morgan fingerprint density at radius 1 is 1.27 bits per heavy atom. The second-order valence-corrected chi connectivity index (χ2v) is 3.87. The van der Waals surface area contributed by atoms with E-state index >= 15 is 0 Å². The van der Waals surface area contributed by atoms with E-state index < -0.39 is 0 Å². The van der Waals surface area contributed by atoms with Crippen molar-refractivity contribution < 1.29 is 9.62 Å². The zero-order valence-electron chi connectivity index (χ0n) is 7.72. The predicted molar refractivity (Wildman–Crippen MR) is 61.2 cm³/mol. The van der Waals surface area contributed by atoms with Crippen molar-refractivity contribution in [3.05, 3.63) is 46.6 Å². The van der Waals surface area contributed by atoms with Crippen LogP contribution in [0.2, 0.25) is 0 Å². The lowest BCUT2D eigenvalue weighted by Gasteiger charge is -1.96. The topological polar surface area (TPSA) is 45.7 Å². The number of hydrogen-bond donors (Lipinski definition) is 1. The minimum Gasteiger partial charge on any atom is -0.455 e. The summed E-state index contributed by atoms with van der Waals surface area (Å²) < 4.78 is 6.43. The molecule has 4 heteroatoms. The summed E-state index contributed by atoms with van der Waals surface area (Å²) >= 11 is 3.39. The van der Waals surface area contributed by atoms with E-state index in [0.29, 0.717) is 5.76 Å². The van der Waals surface area contributed by atoms with E-state index in [2.05, 4.69) is 21.1 Å². The molecule has 2 aromatic rings. The van der Waals surface area contributed by atoms with Crippen molar-refractivity contribution in [3.63, 3.8) is 0 Å². The van der Waals surface area contributed by atoms with Gasteiger partial charge in [-0.3, -0.25) is 0 Å². The van der Waals surface area contributed by atoms with Crippen LogP contribution in [-0.4, -0.2) is 11.4 Å². The molecule has 1 N–H and O–H groups in total. The van der Waals surface area contributed by atoms with Gasteiger partial charge in [-0.15, -0.1) is 0 Å². The Kier molecular flexibility index (Phi) is 2.87. The maximum absolute atomic E-state index is 8.35. The Morgan fingerprint density at radius 2 is 2.13 bits per heavy atom. The largest absolute Gasteiger partial charge is 0.455 e. The summed E-state index contributed by atoms with van der Waals surface area (Å²) in [6.07, 6.45) is 1.25. The van der Waals surface area contributed by atoms with Crippen LogP contribution in [0.4, 0.5) is 0 Å². The molecule has 1 heterocycles. The van der Waals surface area contributed by atoms with Gasteiger partial charge >= 0.3 is 0 Å². The molecule has 0 aliphatic carbocycles. The highest BCUT2D eigenvalue weighted by Gasteiger charge is 2.03. The predicted octanol–water partition coefficient (Wildman–Crippen LogP) is 3.52. The summed E-state index contributed by atoms with van der Waals surface area (Å²) in [5.74, 6) is 1.26. The van der Waals surface area contributed by atoms with Gasteiger partial charge in [0.1, 0.15) is 17.7 Å². The standard InChI is InChI=1S/C11H8BrNO2/c12-9-3-1-2-8(6-9)11-5-4-10(15-11)7-13-14/h1-7,14H/b13-7-. The first-order valence-electron chi connectivity index (χ1n) is 4.33. The number of hydrogen-bond acceptors (Lipinski definition) is 3. The van der Waals surface area contributed by atoms with Crippen LogP contribution < -0.4 is 0 Å². The summed E-state index contributed by atoms with van der Waals surface area (Å²) in [6, 6.07) is 11.4. The molecule has 0 bridgehead atoms. The Morgan fingerprint density at radius 3 is 2.87 bits per heavy atom. The fourth-order valence-corrected chi connectivity index (χ4v) is 1.68. The lowest BCUT2D eigenvalue weighted by molar-refractivity contribution is 0.321. The Hall–Kier alpha value is -1.55. The van der Waals surface area contributed by atoms with Crippen LogP contribution in [0.3, 0.4) is 0 Å². The fourth-order valence-electron chi connectivity index (χ4n) is 1.28. The number of rotatable bonds is 2. The first kappa shape index (κ1) is 9.98. The highest BCUT2D eigenvalue weighted by atomic mass is 79.9. The number of halogens is 1. The van der Waals surface area contributed by atoms with Crippen molar-refractivity contribution in [1.29, 1.82) is 0 Å². The first-order valence-corrected chi connectivity index (χ1v) is 5.12. The van der Waals surface area contributed by atoms with Crippen molar-refractivity contribution in [2.75, 3.05) is 0 Å². The molecule has 76 valence electrons. The van der Waals surface area contributed by atoms with Gasteiger partial charge in [-0.2, -0.15) is 0 Å². The summed E-state index contributed by atoms with van der Waals surface area (Å²) in [7, 11) is 0. The lowest BCUT2D eigenvalue weighted by Crippen LogP contribution is -1.74. The Labute approximate surface area is 95.2 Å². The third kappa shape index (κ3) is 2.27. The van der Waals surface area contributed by atoms with E-state index in [4.69, 9.17) is 9.62 Å². The average molecular weight is 266 g/mol. The van der Waals surface area contributed by atoms with Crippen molar-refractivity contribution in [1.82, 2.24) is 0 Å². The molecule has 1 aromatic heterocycles. The molecule has 0 amide bonds. The molecule has 0 radical (unpaired) electrons. The molecule has 0 spiro atoms. The summed E-state index contributed by atoms with van der Waals surface area (Å²) in [5, 5.41) is 11.2. The monoisotopic (exact) mass is 265 g/mol. The van der Waals surface area contributed by atoms with E-state index in [1.54, 1.807) is 6.07 Å². The molecule has 3 nitrogen and oxygen atoms in total. The lowest BCUT2D eigenvalue weighted by atomic mass is 10.2. The van der Waals surface area contributed by atoms with Gasteiger partial charge in [0.2, 0.25) is 0 Å². The zero-order chi connectivity index (χ0) is 10.7. The minimum atomic E-state index is 0.521. The molecular formula is C11H8BrNO2. The number of nitrogens with zero attached hydrogens (tertiary/aromatic N) is 1. The van der Waals surface area contributed by atoms with Gasteiger partial charge in [-0.25, -0.2) is 0 Å². The molecule has 15 heavy (non-hydrogen) atoms. The quantitative estimate of drug-likeness (QED) is 0.513. The second-order valence-electron chi connectivity index (χ2n) is 2.96. The van der Waals surface area contributed by atoms with Crippen LogP contribution in [0.5, 0.6) is 0 Å². The van der Waals surface area contributed by atoms with E-state index in [1.165, 1.54) is 6.21 Å². The molecular weight excluding hydrogens is 258 g/mol. The maximum atomic E-state index is 8.35. The van der Waals surface area contributed by atoms with Gasteiger partial charge in [0.25, 0.3) is 0 Å². The molecule has 2 rings (SSSR count). The third-order valence-corrected chi connectivity index (χ3v) is 2.41. The van der Waals surface area contributed by atoms with E-state index in [9.17, 15) is 0 Å². The minimum absolute atomic E-state index is 0.521. The number of benzene rings is 1. The van der Waals surface area contributed by atoms with E-state index in [0.717, 1.165) is 15.8 Å². The van der Waals surface area contributed by atoms with Crippen molar-refractivity contribution in [3.8, 4) is 11.3 Å². The normalized spacial score (nSPS) is 11.0. The smallest absolute Gasteiger partial charge is 0.149 e. The maximum Gasteiger partial charge on any atom is 0.149 e. The van der Waals surface area contributed by atoms with Crippen LogP contribution in [0.25, 0.3) is 11.3 Å². The highest BCUT2D eigenvalue weighted by molar-refractivity contribution is 9.10. The van der Waals surface area contributed by atoms with Gasteiger partial charge in [0.05, 0.1) is 0 Å². The van der Waals surface area contributed by atoms with Gasteiger partial charge in [-0.05, 0) is 24.3 Å². The molecule has 0 unspecified atom stereocenters. The first-order chi connectivity index (χ1) is 7.29. The van der Waals surface area contributed by atoms with Gasteiger partial charge in [0, 0.05) is 10.0 Å². The van der Waals surface area contributed by atoms with Crippen molar-refractivity contribution >= 4 is 22.1 Å². The van der Waals surface area contributed by atoms with E-state index in [1.807, 2.05) is 30.3 Å². The van der Waals surface area contributed by atoms with Crippen LogP contribution in [0, 0.1) is 0 Å². The summed E-state index contributed by atoms with van der Waals surface area (Å²) in [5.41, 5.74) is 0.974. The SMILES string of the molecule is O/N=C\c1ccc(-c2cccc(Br)c2)o1. The fraction of sp³-hybridized carbons (Fsp3) is 0.